The number of rotatable bonds is 33. The van der Waals surface area contributed by atoms with Gasteiger partial charge in [0.25, 0.3) is 23.8 Å². The molecule has 0 aromatic heterocycles. The zero-order chi connectivity index (χ0) is 37.7. The van der Waals surface area contributed by atoms with Gasteiger partial charge in [0.1, 0.15) is 23.6 Å². The van der Waals surface area contributed by atoms with Crippen molar-refractivity contribution in [1.29, 1.82) is 0 Å². The molecule has 1 rings (SSSR count). The fraction of sp³-hybridized carbons (Fsp3) is 0.854. The Bertz CT molecular complexity index is 949. The van der Waals surface area contributed by atoms with Crippen molar-refractivity contribution in [2.45, 2.75) is 195 Å². The molecule has 2 N–H and O–H groups in total. The van der Waals surface area contributed by atoms with E-state index in [4.69, 9.17) is 9.47 Å². The summed E-state index contributed by atoms with van der Waals surface area (Å²) in [6.45, 7) is 18.3. The Morgan fingerprint density at radius 2 is 0.960 bits per heavy atom. The molecule has 294 valence electrons. The number of nitrogens with zero attached hydrogens (tertiary/aromatic N) is 1. The summed E-state index contributed by atoms with van der Waals surface area (Å²) in [5.74, 6) is 0. The van der Waals surface area contributed by atoms with Crippen LogP contribution in [0.1, 0.15) is 183 Å². The minimum atomic E-state index is -0.402. The summed E-state index contributed by atoms with van der Waals surface area (Å²) >= 11 is 0. The Hall–Kier alpha value is -2.42. The first kappa shape index (κ1) is 49.7. The summed E-state index contributed by atoms with van der Waals surface area (Å²) in [4.78, 5) is 45.7. The van der Waals surface area contributed by atoms with E-state index in [1.54, 1.807) is 7.05 Å². The molecule has 0 aliphatic heterocycles. The van der Waals surface area contributed by atoms with Crippen LogP contribution < -0.4 is 21.5 Å². The molecule has 0 fully saturated rings. The molecule has 2 atom stereocenters. The minimum absolute atomic E-state index is 0.150. The highest BCUT2D eigenvalue weighted by Crippen LogP contribution is 2.14. The first-order valence-electron chi connectivity index (χ1n) is 20.5. The average molecular weight is 710 g/mol. The molecule has 0 saturated heterocycles. The maximum absolute atomic E-state index is 11.6. The summed E-state index contributed by atoms with van der Waals surface area (Å²) < 4.78 is 9.82. The Labute approximate surface area is 307 Å². The zero-order valence-corrected chi connectivity index (χ0v) is 33.6. The lowest BCUT2D eigenvalue weighted by Gasteiger charge is -2.23. The van der Waals surface area contributed by atoms with E-state index in [1.807, 2.05) is 6.92 Å². The van der Waals surface area contributed by atoms with Gasteiger partial charge in [-0.3, -0.25) is 19.2 Å². The van der Waals surface area contributed by atoms with Gasteiger partial charge >= 0.3 is 0 Å². The van der Waals surface area contributed by atoms with Crippen molar-refractivity contribution in [3.8, 4) is 0 Å². The van der Waals surface area contributed by atoms with Crippen molar-refractivity contribution in [3.05, 3.63) is 20.4 Å². The standard InChI is InChI=1S/C22H41N3O2.C11H22O2.C8H16O2/c1-4-6-8-10-11-13-17-25(16-12-9-7-5-2)18-14-15-24-20-19(23-3)21(26)22(20)27;1-3-5-7-9-11(13-10-12)8-6-4-2;1-3-5-6-8(4-2)10-7-9/h23-24H,4-18H2,1-3H3;10-11H,3-9H2,1-2H3;7-8H,3-6H2,1-2H3. The topological polar surface area (TPSA) is 114 Å². The summed E-state index contributed by atoms with van der Waals surface area (Å²) in [5, 5.41) is 5.95. The fourth-order valence-corrected chi connectivity index (χ4v) is 5.82. The van der Waals surface area contributed by atoms with Gasteiger partial charge in [0.15, 0.2) is 0 Å². The number of anilines is 2. The molecule has 50 heavy (non-hydrogen) atoms. The van der Waals surface area contributed by atoms with Gasteiger partial charge in [0.2, 0.25) is 0 Å². The molecule has 1 aromatic rings. The van der Waals surface area contributed by atoms with E-state index in [1.165, 1.54) is 109 Å². The summed E-state index contributed by atoms with van der Waals surface area (Å²) in [7, 11) is 1.68. The third-order valence-electron chi connectivity index (χ3n) is 9.11. The number of ether oxygens (including phenoxy) is 2. The van der Waals surface area contributed by atoms with Crippen LogP contribution in [0.3, 0.4) is 0 Å². The second-order valence-electron chi connectivity index (χ2n) is 13.5. The first-order chi connectivity index (χ1) is 24.3. The van der Waals surface area contributed by atoms with Crippen LogP contribution in [0, 0.1) is 0 Å². The van der Waals surface area contributed by atoms with Crippen LogP contribution in [0.4, 0.5) is 11.4 Å². The molecule has 9 heteroatoms. The molecule has 1 aromatic carbocycles. The highest BCUT2D eigenvalue weighted by molar-refractivity contribution is 5.73. The molecule has 2 unspecified atom stereocenters. The van der Waals surface area contributed by atoms with Crippen LogP contribution in [0.25, 0.3) is 0 Å². The van der Waals surface area contributed by atoms with Gasteiger partial charge in [-0.15, -0.1) is 0 Å². The van der Waals surface area contributed by atoms with Gasteiger partial charge in [-0.25, -0.2) is 0 Å². The van der Waals surface area contributed by atoms with Crippen LogP contribution >= 0.6 is 0 Å². The minimum Gasteiger partial charge on any atom is -0.465 e. The Morgan fingerprint density at radius 3 is 1.48 bits per heavy atom. The van der Waals surface area contributed by atoms with Gasteiger partial charge in [-0.05, 0) is 71.0 Å². The zero-order valence-electron chi connectivity index (χ0n) is 33.6. The van der Waals surface area contributed by atoms with Gasteiger partial charge in [-0.2, -0.15) is 0 Å². The van der Waals surface area contributed by atoms with Gasteiger partial charge < -0.3 is 25.0 Å². The van der Waals surface area contributed by atoms with Crippen molar-refractivity contribution in [3.63, 3.8) is 0 Å². The van der Waals surface area contributed by atoms with E-state index in [2.05, 4.69) is 50.2 Å². The molecule has 0 heterocycles. The van der Waals surface area contributed by atoms with Crippen molar-refractivity contribution in [2.75, 3.05) is 43.9 Å². The number of carbonyl (C=O) groups is 2. The SMILES string of the molecule is CCCCC(CC)OC=O.CCCCCC(CCCC)OC=O.CCCCCCCCN(CCCCCC)CCCNc1c(NC)c(=O)c1=O. The smallest absolute Gasteiger partial charge is 0.293 e. The Morgan fingerprint density at radius 1 is 0.540 bits per heavy atom. The Balaban J connectivity index is 0. The largest absolute Gasteiger partial charge is 0.465 e. The predicted molar refractivity (Wildman–Crippen MR) is 213 cm³/mol. The maximum atomic E-state index is 11.6. The highest BCUT2D eigenvalue weighted by Gasteiger charge is 2.18. The number of nitrogens with one attached hydrogen (secondary N) is 2. The molecule has 0 aliphatic carbocycles. The molecule has 0 amide bonds. The molecular weight excluding hydrogens is 630 g/mol. The highest BCUT2D eigenvalue weighted by atomic mass is 16.5. The second kappa shape index (κ2) is 37.8. The van der Waals surface area contributed by atoms with E-state index in [9.17, 15) is 19.2 Å². The number of hydrogen-bond acceptors (Lipinski definition) is 9. The predicted octanol–water partition coefficient (Wildman–Crippen LogP) is 9.80. The third-order valence-corrected chi connectivity index (χ3v) is 9.11. The molecule has 0 saturated carbocycles. The quantitative estimate of drug-likeness (QED) is 0.0418. The molecular formula is C41H79N3O6. The second-order valence-corrected chi connectivity index (χ2v) is 13.5. The van der Waals surface area contributed by atoms with Crippen molar-refractivity contribution >= 4 is 24.3 Å². The van der Waals surface area contributed by atoms with E-state index >= 15 is 0 Å². The van der Waals surface area contributed by atoms with Crippen molar-refractivity contribution in [2.24, 2.45) is 0 Å². The molecule has 0 bridgehead atoms. The lowest BCUT2D eigenvalue weighted by molar-refractivity contribution is -0.135. The van der Waals surface area contributed by atoms with Gasteiger partial charge in [0.05, 0.1) is 0 Å². The molecule has 0 radical (unpaired) electrons. The summed E-state index contributed by atoms with van der Waals surface area (Å²) in [5.41, 5.74) is 0.111. The molecule has 9 nitrogen and oxygen atoms in total. The van der Waals surface area contributed by atoms with E-state index in [-0.39, 0.29) is 17.6 Å². The average Bonchev–Trinajstić information content (AvgIpc) is 3.13. The fourth-order valence-electron chi connectivity index (χ4n) is 5.82. The lowest BCUT2D eigenvalue weighted by Crippen LogP contribution is -2.37. The van der Waals surface area contributed by atoms with E-state index in [0.717, 1.165) is 58.0 Å². The van der Waals surface area contributed by atoms with E-state index in [0.29, 0.717) is 24.3 Å². The van der Waals surface area contributed by atoms with E-state index < -0.39 is 5.43 Å². The molecule has 0 spiro atoms. The summed E-state index contributed by atoms with van der Waals surface area (Å²) in [6.07, 6.45) is 26.8. The Kier molecular flexibility index (Phi) is 37.6. The lowest BCUT2D eigenvalue weighted by atomic mass is 10.1. The van der Waals surface area contributed by atoms with Crippen LogP contribution in [0.15, 0.2) is 9.59 Å². The maximum Gasteiger partial charge on any atom is 0.293 e. The normalized spacial score (nSPS) is 11.9. The first-order valence-corrected chi connectivity index (χ1v) is 20.5. The number of carbonyl (C=O) groups excluding carboxylic acids is 2. The van der Waals surface area contributed by atoms with Crippen molar-refractivity contribution in [1.82, 2.24) is 4.90 Å². The monoisotopic (exact) mass is 710 g/mol. The third kappa shape index (κ3) is 27.3. The number of hydrogen-bond donors (Lipinski definition) is 2. The number of unbranched alkanes of at least 4 members (excludes halogenated alkanes) is 12. The van der Waals surface area contributed by atoms with Crippen LogP contribution in [0.5, 0.6) is 0 Å². The van der Waals surface area contributed by atoms with Crippen LogP contribution in [0.2, 0.25) is 0 Å². The van der Waals surface area contributed by atoms with Crippen LogP contribution in [-0.4, -0.2) is 63.3 Å². The summed E-state index contributed by atoms with van der Waals surface area (Å²) in [6, 6.07) is 0. The van der Waals surface area contributed by atoms with Gasteiger partial charge in [0, 0.05) is 13.6 Å². The van der Waals surface area contributed by atoms with Gasteiger partial charge in [-0.1, -0.05) is 131 Å². The van der Waals surface area contributed by atoms with Crippen LogP contribution in [-0.2, 0) is 19.1 Å². The van der Waals surface area contributed by atoms with Crippen molar-refractivity contribution < 1.29 is 19.1 Å². The molecule has 0 aliphatic rings.